The van der Waals surface area contributed by atoms with Gasteiger partial charge in [-0.2, -0.15) is 0 Å². The van der Waals surface area contributed by atoms with E-state index in [1.807, 2.05) is 4.90 Å². The fourth-order valence-corrected chi connectivity index (χ4v) is 3.06. The summed E-state index contributed by atoms with van der Waals surface area (Å²) in [6.07, 6.45) is 3.55. The Kier molecular flexibility index (Phi) is 5.01. The van der Waals surface area contributed by atoms with Crippen LogP contribution in [-0.2, 0) is 4.79 Å². The fraction of sp³-hybridized carbons (Fsp3) is 0.929. The maximum atomic E-state index is 12.3. The van der Waals surface area contributed by atoms with Crippen LogP contribution in [0.4, 0.5) is 0 Å². The lowest BCUT2D eigenvalue weighted by Gasteiger charge is -2.37. The summed E-state index contributed by atoms with van der Waals surface area (Å²) >= 11 is 0. The van der Waals surface area contributed by atoms with Gasteiger partial charge in [0.2, 0.25) is 5.91 Å². The predicted molar refractivity (Wildman–Crippen MR) is 73.5 cm³/mol. The monoisotopic (exact) mass is 253 g/mol. The van der Waals surface area contributed by atoms with Crippen LogP contribution in [0.2, 0.25) is 0 Å². The number of likely N-dealkylation sites (tertiary alicyclic amines) is 1. The molecule has 0 aromatic heterocycles. The van der Waals surface area contributed by atoms with Gasteiger partial charge in [-0.1, -0.05) is 6.92 Å². The van der Waals surface area contributed by atoms with Crippen molar-refractivity contribution < 1.29 is 4.79 Å². The van der Waals surface area contributed by atoms with Crippen molar-refractivity contribution in [3.8, 4) is 0 Å². The Balaban J connectivity index is 1.82. The molecule has 0 saturated carbocycles. The molecule has 2 saturated heterocycles. The quantitative estimate of drug-likeness (QED) is 0.795. The number of carbonyl (C=O) groups is 1. The molecular weight excluding hydrogens is 226 g/mol. The first-order valence-corrected chi connectivity index (χ1v) is 7.39. The third-order valence-corrected chi connectivity index (χ3v) is 4.31. The molecule has 104 valence electrons. The lowest BCUT2D eigenvalue weighted by molar-refractivity contribution is -0.133. The zero-order chi connectivity index (χ0) is 13.0. The first-order chi connectivity index (χ1) is 8.66. The zero-order valence-corrected chi connectivity index (χ0v) is 11.8. The second-order valence-corrected chi connectivity index (χ2v) is 5.93. The molecule has 18 heavy (non-hydrogen) atoms. The van der Waals surface area contributed by atoms with Crippen molar-refractivity contribution in [1.29, 1.82) is 0 Å². The van der Waals surface area contributed by atoms with Crippen molar-refractivity contribution in [1.82, 2.24) is 15.1 Å². The van der Waals surface area contributed by atoms with Gasteiger partial charge in [0.1, 0.15) is 0 Å². The summed E-state index contributed by atoms with van der Waals surface area (Å²) in [5.74, 6) is 1.13. The van der Waals surface area contributed by atoms with Crippen LogP contribution in [0.5, 0.6) is 0 Å². The number of amides is 1. The summed E-state index contributed by atoms with van der Waals surface area (Å²) in [4.78, 5) is 16.7. The molecule has 2 fully saturated rings. The number of hydrogen-bond donors (Lipinski definition) is 1. The molecule has 0 spiro atoms. The van der Waals surface area contributed by atoms with Gasteiger partial charge < -0.3 is 10.2 Å². The van der Waals surface area contributed by atoms with Gasteiger partial charge in [0.15, 0.2) is 0 Å². The van der Waals surface area contributed by atoms with E-state index in [0.717, 1.165) is 45.1 Å². The Morgan fingerprint density at radius 2 is 2.06 bits per heavy atom. The van der Waals surface area contributed by atoms with Crippen molar-refractivity contribution in [2.75, 3.05) is 39.3 Å². The van der Waals surface area contributed by atoms with Gasteiger partial charge in [0, 0.05) is 25.7 Å². The summed E-state index contributed by atoms with van der Waals surface area (Å²) in [6, 6.07) is 0.558. The van der Waals surface area contributed by atoms with Gasteiger partial charge in [-0.05, 0) is 45.2 Å². The van der Waals surface area contributed by atoms with Crippen LogP contribution in [0, 0.1) is 5.92 Å². The number of carbonyl (C=O) groups excluding carboxylic acids is 1. The minimum atomic E-state index is 0.320. The normalized spacial score (nSPS) is 31.1. The highest BCUT2D eigenvalue weighted by molar-refractivity contribution is 5.78. The van der Waals surface area contributed by atoms with Gasteiger partial charge in [-0.15, -0.1) is 0 Å². The molecule has 0 bridgehead atoms. The van der Waals surface area contributed by atoms with Crippen LogP contribution in [-0.4, -0.2) is 61.0 Å². The molecule has 0 aromatic rings. The lowest BCUT2D eigenvalue weighted by atomic mass is 9.93. The van der Waals surface area contributed by atoms with Gasteiger partial charge >= 0.3 is 0 Å². The Morgan fingerprint density at radius 3 is 2.83 bits per heavy atom. The Bertz CT molecular complexity index is 274. The van der Waals surface area contributed by atoms with Gasteiger partial charge in [-0.3, -0.25) is 9.69 Å². The average molecular weight is 253 g/mol. The minimum absolute atomic E-state index is 0.320. The van der Waals surface area contributed by atoms with Crippen molar-refractivity contribution in [3.63, 3.8) is 0 Å². The maximum absolute atomic E-state index is 12.3. The molecule has 4 heteroatoms. The Labute approximate surface area is 111 Å². The van der Waals surface area contributed by atoms with Crippen LogP contribution in [0.1, 0.15) is 33.1 Å². The predicted octanol–water partition coefficient (Wildman–Crippen LogP) is 0.929. The number of nitrogens with zero attached hydrogens (tertiary/aromatic N) is 2. The molecule has 1 amide bonds. The SMILES string of the molecule is CC1CCN(CC(=O)N2CCCNCC2)C(C)C1. The number of rotatable bonds is 2. The van der Waals surface area contributed by atoms with Crippen LogP contribution in [0.25, 0.3) is 0 Å². The zero-order valence-electron chi connectivity index (χ0n) is 11.8. The first kappa shape index (κ1) is 13.8. The molecule has 2 aliphatic rings. The summed E-state index contributed by atoms with van der Waals surface area (Å²) in [7, 11) is 0. The largest absolute Gasteiger partial charge is 0.340 e. The average Bonchev–Trinajstić information content (AvgIpc) is 2.61. The van der Waals surface area contributed by atoms with E-state index in [1.54, 1.807) is 0 Å². The van der Waals surface area contributed by atoms with E-state index in [1.165, 1.54) is 12.8 Å². The highest BCUT2D eigenvalue weighted by Gasteiger charge is 2.26. The van der Waals surface area contributed by atoms with E-state index in [9.17, 15) is 4.79 Å². The third-order valence-electron chi connectivity index (χ3n) is 4.31. The molecule has 2 atom stereocenters. The number of piperidine rings is 1. The molecule has 4 nitrogen and oxygen atoms in total. The van der Waals surface area contributed by atoms with Crippen LogP contribution in [0.15, 0.2) is 0 Å². The van der Waals surface area contributed by atoms with Crippen molar-refractivity contribution in [2.24, 2.45) is 5.92 Å². The van der Waals surface area contributed by atoms with E-state index in [0.29, 0.717) is 18.5 Å². The van der Waals surface area contributed by atoms with E-state index in [4.69, 9.17) is 0 Å². The summed E-state index contributed by atoms with van der Waals surface area (Å²) in [5, 5.41) is 3.34. The van der Waals surface area contributed by atoms with Crippen LogP contribution in [0.3, 0.4) is 0 Å². The number of hydrogen-bond acceptors (Lipinski definition) is 3. The van der Waals surface area contributed by atoms with Crippen molar-refractivity contribution >= 4 is 5.91 Å². The molecule has 0 radical (unpaired) electrons. The Morgan fingerprint density at radius 1 is 1.22 bits per heavy atom. The van der Waals surface area contributed by atoms with E-state index in [-0.39, 0.29) is 0 Å². The van der Waals surface area contributed by atoms with Gasteiger partial charge in [0.25, 0.3) is 0 Å². The number of nitrogens with one attached hydrogen (secondary N) is 1. The van der Waals surface area contributed by atoms with Gasteiger partial charge in [-0.25, -0.2) is 0 Å². The van der Waals surface area contributed by atoms with E-state index in [2.05, 4.69) is 24.1 Å². The highest BCUT2D eigenvalue weighted by Crippen LogP contribution is 2.21. The molecule has 2 heterocycles. The van der Waals surface area contributed by atoms with Gasteiger partial charge in [0.05, 0.1) is 6.54 Å². The lowest BCUT2D eigenvalue weighted by Crippen LogP contribution is -2.47. The topological polar surface area (TPSA) is 35.6 Å². The van der Waals surface area contributed by atoms with E-state index >= 15 is 0 Å². The van der Waals surface area contributed by atoms with Crippen molar-refractivity contribution in [3.05, 3.63) is 0 Å². The fourth-order valence-electron chi connectivity index (χ4n) is 3.06. The summed E-state index contributed by atoms with van der Waals surface area (Å²) in [6.45, 7) is 10.1. The molecular formula is C14H27N3O. The standard InChI is InChI=1S/C14H27N3O/c1-12-4-8-17(13(2)10-12)11-14(18)16-7-3-5-15-6-9-16/h12-13,15H,3-11H2,1-2H3. The molecule has 2 aliphatic heterocycles. The van der Waals surface area contributed by atoms with Crippen LogP contribution < -0.4 is 5.32 Å². The molecule has 2 rings (SSSR count). The molecule has 2 unspecified atom stereocenters. The van der Waals surface area contributed by atoms with E-state index < -0.39 is 0 Å². The summed E-state index contributed by atoms with van der Waals surface area (Å²) in [5.41, 5.74) is 0. The second kappa shape index (κ2) is 6.53. The van der Waals surface area contributed by atoms with Crippen LogP contribution >= 0.6 is 0 Å². The molecule has 0 aliphatic carbocycles. The summed E-state index contributed by atoms with van der Waals surface area (Å²) < 4.78 is 0. The maximum Gasteiger partial charge on any atom is 0.236 e. The minimum Gasteiger partial charge on any atom is -0.340 e. The second-order valence-electron chi connectivity index (χ2n) is 5.93. The van der Waals surface area contributed by atoms with Crippen molar-refractivity contribution in [2.45, 2.75) is 39.2 Å². The Hall–Kier alpha value is -0.610. The first-order valence-electron chi connectivity index (χ1n) is 7.39. The third kappa shape index (κ3) is 3.69. The highest BCUT2D eigenvalue weighted by atomic mass is 16.2. The smallest absolute Gasteiger partial charge is 0.236 e. The molecule has 1 N–H and O–H groups in total. The molecule has 0 aromatic carbocycles.